The van der Waals surface area contributed by atoms with E-state index in [9.17, 15) is 14.4 Å². The summed E-state index contributed by atoms with van der Waals surface area (Å²) in [4.78, 5) is 43.5. The minimum Gasteiger partial charge on any atom is -0.495 e. The van der Waals surface area contributed by atoms with Crippen molar-refractivity contribution in [2.24, 2.45) is 35.5 Å². The van der Waals surface area contributed by atoms with Crippen LogP contribution in [0.1, 0.15) is 16.8 Å². The molecule has 174 valence electrons. The molecule has 8 heteroatoms. The normalized spacial score (nSPS) is 30.3. The van der Waals surface area contributed by atoms with Crippen molar-refractivity contribution in [1.29, 1.82) is 0 Å². The first kappa shape index (κ1) is 21.7. The Morgan fingerprint density at radius 2 is 1.65 bits per heavy atom. The van der Waals surface area contributed by atoms with Crippen LogP contribution in [-0.4, -0.2) is 36.4 Å². The lowest BCUT2D eigenvalue weighted by atomic mass is 9.63. The van der Waals surface area contributed by atoms with Crippen LogP contribution in [0.5, 0.6) is 5.75 Å². The summed E-state index contributed by atoms with van der Waals surface area (Å²) in [5.41, 5.74) is 0.750. The predicted molar refractivity (Wildman–Crippen MR) is 128 cm³/mol. The van der Waals surface area contributed by atoms with Crippen molar-refractivity contribution in [2.45, 2.75) is 6.42 Å². The van der Waals surface area contributed by atoms with Gasteiger partial charge in [0.05, 0.1) is 34.7 Å². The molecule has 7 rings (SSSR count). The van der Waals surface area contributed by atoms with Crippen LogP contribution in [0.4, 0.5) is 5.69 Å². The van der Waals surface area contributed by atoms with E-state index < -0.39 is 5.91 Å². The molecule has 5 aliphatic rings. The Balaban J connectivity index is 1.37. The van der Waals surface area contributed by atoms with E-state index in [1.54, 1.807) is 36.4 Å². The number of carbonyl (C=O) groups is 3. The Labute approximate surface area is 207 Å². The van der Waals surface area contributed by atoms with Gasteiger partial charge in [0.25, 0.3) is 5.91 Å². The minimum absolute atomic E-state index is 0.118. The van der Waals surface area contributed by atoms with Crippen molar-refractivity contribution in [2.75, 3.05) is 18.7 Å². The van der Waals surface area contributed by atoms with E-state index in [0.29, 0.717) is 33.9 Å². The number of imide groups is 1. The molecule has 0 radical (unpaired) electrons. The number of amides is 3. The summed E-state index contributed by atoms with van der Waals surface area (Å²) in [6, 6.07) is 11.6. The molecular formula is C26H22Cl2N2O4. The van der Waals surface area contributed by atoms with Crippen molar-refractivity contribution >= 4 is 46.6 Å². The fraction of sp³-hybridized carbons (Fsp3) is 0.346. The van der Waals surface area contributed by atoms with Crippen LogP contribution in [0.3, 0.4) is 0 Å². The van der Waals surface area contributed by atoms with Gasteiger partial charge in [0.2, 0.25) is 11.8 Å². The van der Waals surface area contributed by atoms with Gasteiger partial charge in [-0.1, -0.05) is 47.5 Å². The summed E-state index contributed by atoms with van der Waals surface area (Å²) in [5, 5.41) is 0.575. The highest BCUT2D eigenvalue weighted by Gasteiger charge is 2.67. The van der Waals surface area contributed by atoms with Gasteiger partial charge in [-0.05, 0) is 60.4 Å². The summed E-state index contributed by atoms with van der Waals surface area (Å²) in [7, 11) is 1.51. The van der Waals surface area contributed by atoms with E-state index in [4.69, 9.17) is 27.9 Å². The van der Waals surface area contributed by atoms with E-state index in [0.717, 1.165) is 6.42 Å². The standard InChI is InChI=1S/C26H22Cl2N2O4/c1-34-21-5-3-2-4-20(21)29(24(31)13-6-9-18(27)19(28)10-13)12-30-25(32)22-14-7-8-15(17-11-16(14)17)23(22)26(30)33/h2-10,14-17,22-23H,11-12H2,1H3/t14-,15-,16-,17+,22+,23+/m0/s1. The first-order valence-electron chi connectivity index (χ1n) is 11.3. The predicted octanol–water partition coefficient (Wildman–Crippen LogP) is 4.66. The van der Waals surface area contributed by atoms with Gasteiger partial charge in [-0.15, -0.1) is 0 Å². The molecular weight excluding hydrogens is 475 g/mol. The molecule has 2 saturated carbocycles. The highest BCUT2D eigenvalue weighted by atomic mass is 35.5. The number of carbonyl (C=O) groups excluding carboxylic acids is 3. The van der Waals surface area contributed by atoms with E-state index >= 15 is 0 Å². The first-order valence-corrected chi connectivity index (χ1v) is 12.1. The topological polar surface area (TPSA) is 66.9 Å². The van der Waals surface area contributed by atoms with Crippen molar-refractivity contribution in [3.05, 3.63) is 70.2 Å². The maximum Gasteiger partial charge on any atom is 0.259 e. The number of allylic oxidation sites excluding steroid dienone is 2. The van der Waals surface area contributed by atoms with Crippen molar-refractivity contribution < 1.29 is 19.1 Å². The third-order valence-corrected chi connectivity index (χ3v) is 8.56. The lowest BCUT2D eigenvalue weighted by Crippen LogP contribution is -2.45. The number of hydrogen-bond donors (Lipinski definition) is 0. The second-order valence-corrected chi connectivity index (χ2v) is 10.2. The number of ether oxygens (including phenoxy) is 1. The van der Waals surface area contributed by atoms with Gasteiger partial charge < -0.3 is 4.74 Å². The molecule has 34 heavy (non-hydrogen) atoms. The van der Waals surface area contributed by atoms with E-state index in [1.165, 1.54) is 23.0 Å². The number of likely N-dealkylation sites (tertiary alicyclic amines) is 1. The zero-order valence-electron chi connectivity index (χ0n) is 18.4. The number of hydrogen-bond acceptors (Lipinski definition) is 4. The minimum atomic E-state index is -0.414. The average molecular weight is 497 g/mol. The van der Waals surface area contributed by atoms with Gasteiger partial charge in [-0.25, -0.2) is 0 Å². The summed E-state index contributed by atoms with van der Waals surface area (Å²) in [6.45, 7) is -0.196. The Morgan fingerprint density at radius 1 is 1.00 bits per heavy atom. The molecule has 1 saturated heterocycles. The Hall–Kier alpha value is -2.83. The molecule has 0 unspecified atom stereocenters. The van der Waals surface area contributed by atoms with Gasteiger partial charge in [-0.2, -0.15) is 0 Å². The third kappa shape index (κ3) is 3.12. The molecule has 1 aliphatic heterocycles. The Bertz CT molecular complexity index is 1230. The van der Waals surface area contributed by atoms with Crippen LogP contribution in [0.15, 0.2) is 54.6 Å². The van der Waals surface area contributed by atoms with Gasteiger partial charge in [-0.3, -0.25) is 24.2 Å². The average Bonchev–Trinajstić information content (AvgIpc) is 3.64. The van der Waals surface area contributed by atoms with Crippen LogP contribution in [0.2, 0.25) is 10.0 Å². The van der Waals surface area contributed by atoms with Gasteiger partial charge in [0.15, 0.2) is 0 Å². The highest BCUT2D eigenvalue weighted by Crippen LogP contribution is 2.65. The molecule has 0 spiro atoms. The van der Waals surface area contributed by atoms with Crippen molar-refractivity contribution in [3.63, 3.8) is 0 Å². The summed E-state index contributed by atoms with van der Waals surface area (Å²) >= 11 is 12.2. The molecule has 2 bridgehead atoms. The molecule has 3 amide bonds. The highest BCUT2D eigenvalue weighted by molar-refractivity contribution is 6.42. The maximum atomic E-state index is 13.7. The van der Waals surface area contributed by atoms with Gasteiger partial charge in [0.1, 0.15) is 12.4 Å². The molecule has 0 N–H and O–H groups in total. The molecule has 0 aromatic heterocycles. The van der Waals surface area contributed by atoms with Crippen LogP contribution in [-0.2, 0) is 9.59 Å². The number of halogens is 2. The molecule has 3 fully saturated rings. The summed E-state index contributed by atoms with van der Waals surface area (Å²) < 4.78 is 5.49. The lowest BCUT2D eigenvalue weighted by Gasteiger charge is -2.37. The summed E-state index contributed by atoms with van der Waals surface area (Å²) in [5.74, 6) is 0.253. The van der Waals surface area contributed by atoms with Crippen LogP contribution in [0, 0.1) is 35.5 Å². The van der Waals surface area contributed by atoms with E-state index in [2.05, 4.69) is 12.2 Å². The fourth-order valence-electron chi connectivity index (χ4n) is 6.19. The van der Waals surface area contributed by atoms with Crippen LogP contribution < -0.4 is 9.64 Å². The zero-order valence-corrected chi connectivity index (χ0v) is 19.9. The second kappa shape index (κ2) is 7.85. The number of anilines is 1. The second-order valence-electron chi connectivity index (χ2n) is 9.43. The van der Waals surface area contributed by atoms with Crippen LogP contribution >= 0.6 is 23.2 Å². The maximum absolute atomic E-state index is 13.7. The van der Waals surface area contributed by atoms with E-state index in [-0.39, 0.29) is 47.2 Å². The zero-order chi connectivity index (χ0) is 23.7. The van der Waals surface area contributed by atoms with Crippen molar-refractivity contribution in [1.82, 2.24) is 4.90 Å². The number of para-hydroxylation sites is 2. The fourth-order valence-corrected chi connectivity index (χ4v) is 6.49. The lowest BCUT2D eigenvalue weighted by molar-refractivity contribution is -0.140. The number of rotatable bonds is 5. The van der Waals surface area contributed by atoms with Crippen LogP contribution in [0.25, 0.3) is 0 Å². The number of benzene rings is 2. The van der Waals surface area contributed by atoms with Gasteiger partial charge in [0, 0.05) is 5.56 Å². The summed E-state index contributed by atoms with van der Waals surface area (Å²) in [6.07, 6.45) is 5.36. The number of methoxy groups -OCH3 is 1. The quantitative estimate of drug-likeness (QED) is 0.445. The molecule has 6 nitrogen and oxygen atoms in total. The smallest absolute Gasteiger partial charge is 0.259 e. The molecule has 2 aromatic carbocycles. The molecule has 2 aromatic rings. The van der Waals surface area contributed by atoms with Gasteiger partial charge >= 0.3 is 0 Å². The Morgan fingerprint density at radius 3 is 2.26 bits per heavy atom. The molecule has 1 heterocycles. The number of nitrogens with zero attached hydrogens (tertiary/aromatic N) is 2. The third-order valence-electron chi connectivity index (χ3n) is 7.82. The molecule has 4 aliphatic carbocycles. The SMILES string of the molecule is COc1ccccc1N(CN1C(=O)[C@@H]2[C@H]3C=C[C@@H]([C@@H]4C[C@H]34)[C@H]2C1=O)C(=O)c1ccc(Cl)c(Cl)c1. The monoisotopic (exact) mass is 496 g/mol. The van der Waals surface area contributed by atoms with Crippen molar-refractivity contribution in [3.8, 4) is 5.75 Å². The largest absolute Gasteiger partial charge is 0.495 e. The van der Waals surface area contributed by atoms with E-state index in [1.807, 2.05) is 0 Å². The first-order chi connectivity index (χ1) is 16.4. The Kier molecular flexibility index (Phi) is 5.01. The molecule has 6 atom stereocenters.